The van der Waals surface area contributed by atoms with Gasteiger partial charge < -0.3 is 6.22 Å². The SMILES string of the molecule is CCCCCCCCCCCCCCCC=O.O=S(=O)(O)O.[H-].[Na+]. The van der Waals surface area contributed by atoms with E-state index in [1.807, 2.05) is 0 Å². The first-order valence-electron chi connectivity index (χ1n) is 8.55. The third-order valence-electron chi connectivity index (χ3n) is 3.43. The van der Waals surface area contributed by atoms with Crippen molar-refractivity contribution in [3.05, 3.63) is 0 Å². The molecular weight excluding hydrogens is 327 g/mol. The molecule has 23 heavy (non-hydrogen) atoms. The van der Waals surface area contributed by atoms with Crippen LogP contribution >= 0.6 is 0 Å². The number of carbonyl (C=O) groups excluding carboxylic acids is 1. The summed E-state index contributed by atoms with van der Waals surface area (Å²) in [4.78, 5) is 10.1. The number of rotatable bonds is 14. The topological polar surface area (TPSA) is 91.7 Å². The number of aldehydes is 1. The molecule has 0 aromatic rings. The van der Waals surface area contributed by atoms with E-state index in [0.717, 1.165) is 19.1 Å². The maximum absolute atomic E-state index is 10.1. The molecule has 136 valence electrons. The van der Waals surface area contributed by atoms with Crippen molar-refractivity contribution < 1.29 is 53.3 Å². The Labute approximate surface area is 166 Å². The molecule has 0 spiro atoms. The normalized spacial score (nSPS) is 10.4. The third kappa shape index (κ3) is 45.0. The Kier molecular flexibility index (Phi) is 27.8. The molecule has 0 radical (unpaired) electrons. The molecule has 0 amide bonds. The molecule has 0 fully saturated rings. The Balaban J connectivity index is -0.000000250. The molecule has 0 atom stereocenters. The fraction of sp³-hybridized carbons (Fsp3) is 0.938. The summed E-state index contributed by atoms with van der Waals surface area (Å²) < 4.78 is 31.6. The van der Waals surface area contributed by atoms with Gasteiger partial charge in [0.25, 0.3) is 0 Å². The molecule has 0 rings (SSSR count). The van der Waals surface area contributed by atoms with E-state index in [1.54, 1.807) is 0 Å². The molecule has 0 aliphatic rings. The van der Waals surface area contributed by atoms with Gasteiger partial charge in [-0.1, -0.05) is 84.0 Å². The van der Waals surface area contributed by atoms with Gasteiger partial charge in [0.1, 0.15) is 6.29 Å². The van der Waals surface area contributed by atoms with Gasteiger partial charge in [-0.15, -0.1) is 0 Å². The van der Waals surface area contributed by atoms with Gasteiger partial charge >= 0.3 is 40.0 Å². The molecule has 0 saturated carbocycles. The number of hydrogen-bond acceptors (Lipinski definition) is 3. The molecule has 0 unspecified atom stereocenters. The average molecular weight is 363 g/mol. The molecule has 5 nitrogen and oxygen atoms in total. The number of carbonyl (C=O) groups is 1. The molecule has 0 aliphatic carbocycles. The molecule has 2 N–H and O–H groups in total. The van der Waals surface area contributed by atoms with E-state index in [2.05, 4.69) is 6.92 Å². The van der Waals surface area contributed by atoms with E-state index in [-0.39, 0.29) is 31.0 Å². The maximum Gasteiger partial charge on any atom is 1.00 e. The van der Waals surface area contributed by atoms with Gasteiger partial charge in [0.05, 0.1) is 0 Å². The van der Waals surface area contributed by atoms with Crippen molar-refractivity contribution in [3.63, 3.8) is 0 Å². The van der Waals surface area contributed by atoms with Gasteiger partial charge in [-0.25, -0.2) is 0 Å². The van der Waals surface area contributed by atoms with Crippen LogP contribution in [0.4, 0.5) is 0 Å². The second kappa shape index (κ2) is 22.5. The smallest absolute Gasteiger partial charge is 1.00 e. The minimum Gasteiger partial charge on any atom is -1.00 e. The Morgan fingerprint density at radius 1 is 0.739 bits per heavy atom. The van der Waals surface area contributed by atoms with Gasteiger partial charge in [-0.3, -0.25) is 9.11 Å². The Bertz CT molecular complexity index is 318. The van der Waals surface area contributed by atoms with E-state index >= 15 is 0 Å². The van der Waals surface area contributed by atoms with Gasteiger partial charge in [-0.2, -0.15) is 8.42 Å². The minimum atomic E-state index is -4.67. The van der Waals surface area contributed by atoms with Crippen molar-refractivity contribution in [1.29, 1.82) is 0 Å². The van der Waals surface area contributed by atoms with E-state index in [1.165, 1.54) is 77.0 Å². The summed E-state index contributed by atoms with van der Waals surface area (Å²) in [5, 5.41) is 0. The number of hydrogen-bond donors (Lipinski definition) is 2. The zero-order valence-electron chi connectivity index (χ0n) is 16.0. The monoisotopic (exact) mass is 362 g/mol. The van der Waals surface area contributed by atoms with Crippen LogP contribution in [0.3, 0.4) is 0 Å². The predicted molar refractivity (Wildman–Crippen MR) is 91.7 cm³/mol. The van der Waals surface area contributed by atoms with Crippen molar-refractivity contribution in [2.75, 3.05) is 0 Å². The summed E-state index contributed by atoms with van der Waals surface area (Å²) in [6.45, 7) is 2.27. The number of unbranched alkanes of at least 4 members (excludes halogenated alkanes) is 13. The summed E-state index contributed by atoms with van der Waals surface area (Å²) in [7, 11) is -4.67. The standard InChI is InChI=1S/C16H32O.Na.H2O4S.H/c1-2-3-4-5-6-7-8-9-10-11-12-13-14-15-16-17;;1-5(2,3)4;/h16H,2-15H2,1H3;;(H2,1,2,3,4);/q;+1;;-1. The second-order valence-electron chi connectivity index (χ2n) is 5.65. The first kappa shape index (κ1) is 28.3. The Morgan fingerprint density at radius 2 is 1.00 bits per heavy atom. The third-order valence-corrected chi connectivity index (χ3v) is 3.43. The molecule has 0 saturated heterocycles. The van der Waals surface area contributed by atoms with Gasteiger partial charge in [-0.05, 0) is 6.42 Å². The van der Waals surface area contributed by atoms with Crippen molar-refractivity contribution in [1.82, 2.24) is 0 Å². The molecule has 7 heteroatoms. The van der Waals surface area contributed by atoms with E-state index in [4.69, 9.17) is 17.5 Å². The van der Waals surface area contributed by atoms with Crippen LogP contribution in [-0.4, -0.2) is 23.8 Å². The zero-order valence-corrected chi connectivity index (χ0v) is 17.8. The predicted octanol–water partition coefficient (Wildman–Crippen LogP) is 2.13. The first-order valence-corrected chi connectivity index (χ1v) is 9.95. The molecule has 0 bridgehead atoms. The Morgan fingerprint density at radius 3 is 1.26 bits per heavy atom. The van der Waals surface area contributed by atoms with E-state index in [9.17, 15) is 4.79 Å². The largest absolute Gasteiger partial charge is 1.00 e. The van der Waals surface area contributed by atoms with Crippen LogP contribution in [0.2, 0.25) is 0 Å². The van der Waals surface area contributed by atoms with Crippen molar-refractivity contribution >= 4 is 16.7 Å². The van der Waals surface area contributed by atoms with Crippen LogP contribution in [0.1, 0.15) is 98.2 Å². The second-order valence-corrected chi connectivity index (χ2v) is 6.54. The van der Waals surface area contributed by atoms with Crippen molar-refractivity contribution in [3.8, 4) is 0 Å². The van der Waals surface area contributed by atoms with E-state index < -0.39 is 10.4 Å². The zero-order chi connectivity index (χ0) is 17.1. The average Bonchev–Trinajstić information content (AvgIpc) is 2.42. The van der Waals surface area contributed by atoms with Crippen LogP contribution in [0, 0.1) is 0 Å². The van der Waals surface area contributed by atoms with Crippen LogP contribution < -0.4 is 29.6 Å². The Hall–Kier alpha value is 0.540. The quantitative estimate of drug-likeness (QED) is 0.214. The van der Waals surface area contributed by atoms with Crippen molar-refractivity contribution in [2.24, 2.45) is 0 Å². The summed E-state index contributed by atoms with van der Waals surface area (Å²) >= 11 is 0. The van der Waals surface area contributed by atoms with Crippen molar-refractivity contribution in [2.45, 2.75) is 96.8 Å². The van der Waals surface area contributed by atoms with E-state index in [0.29, 0.717) is 0 Å². The molecular formula is C16H35NaO5S. The molecule has 0 aliphatic heterocycles. The van der Waals surface area contributed by atoms with Crippen LogP contribution in [-0.2, 0) is 15.2 Å². The summed E-state index contributed by atoms with van der Waals surface area (Å²) in [6, 6.07) is 0. The summed E-state index contributed by atoms with van der Waals surface area (Å²) in [6.07, 6.45) is 19.6. The first-order chi connectivity index (χ1) is 10.4. The van der Waals surface area contributed by atoms with Crippen LogP contribution in [0.15, 0.2) is 0 Å². The maximum atomic E-state index is 10.1. The minimum absolute atomic E-state index is 0. The van der Waals surface area contributed by atoms with Gasteiger partial charge in [0, 0.05) is 6.42 Å². The van der Waals surface area contributed by atoms with Crippen LogP contribution in [0.25, 0.3) is 0 Å². The summed E-state index contributed by atoms with van der Waals surface area (Å²) in [5.41, 5.74) is 0. The van der Waals surface area contributed by atoms with Gasteiger partial charge in [0.15, 0.2) is 0 Å². The fourth-order valence-electron chi connectivity index (χ4n) is 2.25. The molecule has 0 heterocycles. The molecule has 0 aromatic heterocycles. The van der Waals surface area contributed by atoms with Crippen LogP contribution in [0.5, 0.6) is 0 Å². The molecule has 0 aromatic carbocycles. The van der Waals surface area contributed by atoms with Gasteiger partial charge in [0.2, 0.25) is 0 Å². The summed E-state index contributed by atoms with van der Waals surface area (Å²) in [5.74, 6) is 0. The fourth-order valence-corrected chi connectivity index (χ4v) is 2.25.